The molecule has 1 saturated carbocycles. The number of pyridine rings is 1. The molecule has 3 aromatic rings. The molecule has 7 heteroatoms. The third kappa shape index (κ3) is 3.46. The molecule has 1 aliphatic rings. The van der Waals surface area contributed by atoms with Crippen LogP contribution in [-0.2, 0) is 9.53 Å². The maximum atomic E-state index is 11.8. The number of hydrogen-bond donors (Lipinski definition) is 1. The second-order valence-electron chi connectivity index (χ2n) is 7.33. The van der Waals surface area contributed by atoms with E-state index in [0.717, 1.165) is 46.9 Å². The average molecular weight is 388 g/mol. The van der Waals surface area contributed by atoms with Gasteiger partial charge in [0.1, 0.15) is 17.4 Å². The summed E-state index contributed by atoms with van der Waals surface area (Å²) in [5.41, 5.74) is 2.90. The van der Waals surface area contributed by atoms with Crippen LogP contribution in [0.1, 0.15) is 63.9 Å². The summed E-state index contributed by atoms with van der Waals surface area (Å²) in [5.74, 6) is 1.00. The van der Waals surface area contributed by atoms with Crippen molar-refractivity contribution in [2.24, 2.45) is 5.92 Å². The van der Waals surface area contributed by atoms with Gasteiger partial charge in [0.25, 0.3) is 0 Å². The zero-order valence-electron chi connectivity index (χ0n) is 15.7. The van der Waals surface area contributed by atoms with Crippen molar-refractivity contribution in [2.75, 3.05) is 6.61 Å². The van der Waals surface area contributed by atoms with Crippen LogP contribution in [-0.4, -0.2) is 32.2 Å². The first-order chi connectivity index (χ1) is 13.1. The Bertz CT molecular complexity index is 954. The number of carbonyl (C=O) groups excluding carboxylic acids is 1. The highest BCUT2D eigenvalue weighted by atomic mass is 32.1. The Balaban J connectivity index is 1.64. The number of rotatable bonds is 5. The number of thiophene rings is 1. The molecular weight excluding hydrogens is 362 g/mol. The molecule has 1 fully saturated rings. The molecule has 3 aromatic heterocycles. The van der Waals surface area contributed by atoms with Gasteiger partial charge in [-0.3, -0.25) is 9.78 Å². The van der Waals surface area contributed by atoms with E-state index in [4.69, 9.17) is 9.72 Å². The summed E-state index contributed by atoms with van der Waals surface area (Å²) in [4.78, 5) is 21.0. The molecule has 0 saturated heterocycles. The first kappa shape index (κ1) is 18.4. The second kappa shape index (κ2) is 7.56. The fourth-order valence-electron chi connectivity index (χ4n) is 4.22. The number of ether oxygens (including phenoxy) is 1. The molecular formula is C20H25N3O3S. The van der Waals surface area contributed by atoms with Gasteiger partial charge >= 0.3 is 5.97 Å². The van der Waals surface area contributed by atoms with Crippen LogP contribution in [0.3, 0.4) is 0 Å². The fourth-order valence-corrected chi connectivity index (χ4v) is 5.11. The Labute approximate surface area is 162 Å². The Morgan fingerprint density at radius 2 is 2.15 bits per heavy atom. The lowest BCUT2D eigenvalue weighted by Crippen LogP contribution is -2.22. The monoisotopic (exact) mass is 387 g/mol. The molecule has 0 radical (unpaired) electrons. The topological polar surface area (TPSA) is 77.2 Å². The predicted molar refractivity (Wildman–Crippen MR) is 106 cm³/mol. The van der Waals surface area contributed by atoms with E-state index >= 15 is 0 Å². The van der Waals surface area contributed by atoms with Crippen molar-refractivity contribution in [3.05, 3.63) is 23.5 Å². The SMILES string of the molecule is CCOC(=O)CC1CCC(n2c([C@@H](C)O)nc3cnc4ccsc4c32)CC1. The third-order valence-corrected chi connectivity index (χ3v) is 6.38. The minimum Gasteiger partial charge on any atom is -0.466 e. The van der Waals surface area contributed by atoms with Gasteiger partial charge in [-0.15, -0.1) is 11.3 Å². The van der Waals surface area contributed by atoms with Crippen molar-refractivity contribution >= 4 is 38.6 Å². The number of nitrogens with zero attached hydrogens (tertiary/aromatic N) is 3. The van der Waals surface area contributed by atoms with Crippen molar-refractivity contribution in [3.8, 4) is 0 Å². The number of aliphatic hydroxyl groups is 1. The summed E-state index contributed by atoms with van der Waals surface area (Å²) in [6.45, 7) is 4.05. The van der Waals surface area contributed by atoms with Crippen molar-refractivity contribution in [3.63, 3.8) is 0 Å². The van der Waals surface area contributed by atoms with Crippen molar-refractivity contribution < 1.29 is 14.6 Å². The Morgan fingerprint density at radius 3 is 2.85 bits per heavy atom. The Kier molecular flexibility index (Phi) is 5.14. The normalized spacial score (nSPS) is 21.6. The molecule has 3 heterocycles. The van der Waals surface area contributed by atoms with Gasteiger partial charge in [-0.2, -0.15) is 0 Å². The van der Waals surface area contributed by atoms with E-state index in [1.54, 1.807) is 24.5 Å². The highest BCUT2D eigenvalue weighted by Crippen LogP contribution is 2.40. The van der Waals surface area contributed by atoms with Crippen LogP contribution in [0, 0.1) is 5.92 Å². The molecule has 4 rings (SSSR count). The number of esters is 1. The molecule has 0 bridgehead atoms. The van der Waals surface area contributed by atoms with E-state index in [1.807, 2.05) is 18.4 Å². The molecule has 1 N–H and O–H groups in total. The van der Waals surface area contributed by atoms with E-state index in [2.05, 4.69) is 9.55 Å². The van der Waals surface area contributed by atoms with Gasteiger partial charge in [0, 0.05) is 12.5 Å². The highest BCUT2D eigenvalue weighted by Gasteiger charge is 2.29. The highest BCUT2D eigenvalue weighted by molar-refractivity contribution is 7.18. The largest absolute Gasteiger partial charge is 0.466 e. The van der Waals surface area contributed by atoms with Crippen LogP contribution in [0.2, 0.25) is 0 Å². The van der Waals surface area contributed by atoms with Gasteiger partial charge in [0.05, 0.1) is 28.5 Å². The molecule has 1 atom stereocenters. The predicted octanol–water partition coefficient (Wildman–Crippen LogP) is 4.38. The van der Waals surface area contributed by atoms with Crippen LogP contribution in [0.4, 0.5) is 0 Å². The minimum atomic E-state index is -0.635. The van der Waals surface area contributed by atoms with Crippen LogP contribution >= 0.6 is 11.3 Å². The van der Waals surface area contributed by atoms with Crippen LogP contribution in [0.25, 0.3) is 21.3 Å². The number of hydrogen-bond acceptors (Lipinski definition) is 6. The number of aliphatic hydroxyl groups excluding tert-OH is 1. The maximum Gasteiger partial charge on any atom is 0.306 e. The lowest BCUT2D eigenvalue weighted by Gasteiger charge is -2.30. The zero-order valence-corrected chi connectivity index (χ0v) is 16.5. The summed E-state index contributed by atoms with van der Waals surface area (Å²) >= 11 is 1.67. The number of carbonyl (C=O) groups is 1. The van der Waals surface area contributed by atoms with E-state index in [1.165, 1.54) is 0 Å². The molecule has 144 valence electrons. The first-order valence-corrected chi connectivity index (χ1v) is 10.5. The van der Waals surface area contributed by atoms with Gasteiger partial charge in [-0.1, -0.05) is 0 Å². The number of fused-ring (bicyclic) bond motifs is 3. The van der Waals surface area contributed by atoms with Crippen LogP contribution in [0.15, 0.2) is 17.6 Å². The lowest BCUT2D eigenvalue weighted by atomic mass is 9.84. The standard InChI is InChI=1S/C20H25N3O3S/c1-3-26-17(25)10-13-4-6-14(7-5-13)23-18-16(22-20(23)12(2)24)11-21-15-8-9-27-19(15)18/h8-9,11-14,24H,3-7,10H2,1-2H3/t12-,13?,14?/m1/s1. The molecule has 0 aliphatic heterocycles. The van der Waals surface area contributed by atoms with E-state index < -0.39 is 6.10 Å². The first-order valence-electron chi connectivity index (χ1n) is 9.66. The lowest BCUT2D eigenvalue weighted by molar-refractivity contribution is -0.144. The van der Waals surface area contributed by atoms with E-state index in [-0.39, 0.29) is 12.0 Å². The molecule has 6 nitrogen and oxygen atoms in total. The van der Waals surface area contributed by atoms with Crippen molar-refractivity contribution in [1.82, 2.24) is 14.5 Å². The molecule has 0 amide bonds. The second-order valence-corrected chi connectivity index (χ2v) is 8.24. The summed E-state index contributed by atoms with van der Waals surface area (Å²) in [6, 6.07) is 2.31. The number of imidazole rings is 1. The Hall–Kier alpha value is -1.99. The average Bonchev–Trinajstić information content (AvgIpc) is 3.26. The van der Waals surface area contributed by atoms with Gasteiger partial charge < -0.3 is 14.4 Å². The summed E-state index contributed by atoms with van der Waals surface area (Å²) in [7, 11) is 0. The van der Waals surface area contributed by atoms with E-state index in [0.29, 0.717) is 24.8 Å². The molecule has 27 heavy (non-hydrogen) atoms. The van der Waals surface area contributed by atoms with Gasteiger partial charge in [0.15, 0.2) is 0 Å². The molecule has 1 aliphatic carbocycles. The van der Waals surface area contributed by atoms with E-state index in [9.17, 15) is 9.90 Å². The van der Waals surface area contributed by atoms with Crippen LogP contribution in [0.5, 0.6) is 0 Å². The quantitative estimate of drug-likeness (QED) is 0.657. The minimum absolute atomic E-state index is 0.0925. The summed E-state index contributed by atoms with van der Waals surface area (Å²) in [5, 5.41) is 12.4. The number of aromatic nitrogens is 3. The van der Waals surface area contributed by atoms with Gasteiger partial charge in [-0.05, 0) is 56.9 Å². The summed E-state index contributed by atoms with van der Waals surface area (Å²) in [6.07, 6.45) is 5.61. The maximum absolute atomic E-state index is 11.8. The summed E-state index contributed by atoms with van der Waals surface area (Å²) < 4.78 is 8.46. The van der Waals surface area contributed by atoms with Crippen molar-refractivity contribution in [2.45, 2.75) is 58.1 Å². The smallest absolute Gasteiger partial charge is 0.306 e. The van der Waals surface area contributed by atoms with Crippen molar-refractivity contribution in [1.29, 1.82) is 0 Å². The molecule has 0 unspecified atom stereocenters. The van der Waals surface area contributed by atoms with Crippen LogP contribution < -0.4 is 0 Å². The molecule has 0 spiro atoms. The fraction of sp³-hybridized carbons (Fsp3) is 0.550. The van der Waals surface area contributed by atoms with Gasteiger partial charge in [-0.25, -0.2) is 4.98 Å². The van der Waals surface area contributed by atoms with Gasteiger partial charge in [0.2, 0.25) is 0 Å². The molecule has 0 aromatic carbocycles. The Morgan fingerprint density at radius 1 is 1.37 bits per heavy atom. The zero-order chi connectivity index (χ0) is 19.0. The third-order valence-electron chi connectivity index (χ3n) is 5.47.